The molecule has 0 aliphatic carbocycles. The summed E-state index contributed by atoms with van der Waals surface area (Å²) < 4.78 is 4.92. The van der Waals surface area contributed by atoms with E-state index in [-0.39, 0.29) is 23.8 Å². The number of nitrogens with zero attached hydrogens (tertiary/aromatic N) is 1. The van der Waals surface area contributed by atoms with E-state index in [1.54, 1.807) is 6.92 Å². The van der Waals surface area contributed by atoms with Crippen LogP contribution in [0.3, 0.4) is 0 Å². The molecule has 0 aromatic heterocycles. The highest BCUT2D eigenvalue weighted by Crippen LogP contribution is 2.22. The van der Waals surface area contributed by atoms with E-state index >= 15 is 0 Å². The van der Waals surface area contributed by atoms with Crippen LogP contribution in [0.25, 0.3) is 0 Å². The van der Waals surface area contributed by atoms with Crippen LogP contribution in [0.4, 0.5) is 0 Å². The minimum atomic E-state index is -0.164. The Morgan fingerprint density at radius 2 is 2.05 bits per heavy atom. The van der Waals surface area contributed by atoms with Crippen molar-refractivity contribution in [2.75, 3.05) is 19.7 Å². The van der Waals surface area contributed by atoms with Crippen molar-refractivity contribution in [3.63, 3.8) is 0 Å². The highest BCUT2D eigenvalue weighted by atomic mass is 16.5. The van der Waals surface area contributed by atoms with Crippen LogP contribution in [0.2, 0.25) is 0 Å². The molecular formula is C14H26N2O3. The number of hydrogen-bond donors (Lipinski definition) is 1. The number of carbonyl (C=O) groups is 2. The van der Waals surface area contributed by atoms with Gasteiger partial charge in [0.1, 0.15) is 0 Å². The van der Waals surface area contributed by atoms with Gasteiger partial charge in [-0.05, 0) is 25.7 Å². The second-order valence-corrected chi connectivity index (χ2v) is 5.60. The number of likely N-dealkylation sites (tertiary alicyclic amines) is 1. The predicted octanol–water partition coefficient (Wildman–Crippen LogP) is 1.16. The summed E-state index contributed by atoms with van der Waals surface area (Å²) in [5.41, 5.74) is 6.01. The van der Waals surface area contributed by atoms with E-state index in [1.165, 1.54) is 0 Å². The number of esters is 1. The third-order valence-corrected chi connectivity index (χ3v) is 3.44. The molecule has 1 aliphatic heterocycles. The SMILES string of the molecule is CCOC(=O)CCC1CC(N)CN(C(=O)C(C)C)C1. The fraction of sp³-hybridized carbons (Fsp3) is 0.857. The Morgan fingerprint density at radius 3 is 2.63 bits per heavy atom. The van der Waals surface area contributed by atoms with Gasteiger partial charge in [0.15, 0.2) is 0 Å². The third kappa shape index (κ3) is 5.19. The molecule has 2 N–H and O–H groups in total. The minimum Gasteiger partial charge on any atom is -0.466 e. The molecule has 1 saturated heterocycles. The van der Waals surface area contributed by atoms with E-state index in [0.717, 1.165) is 12.8 Å². The van der Waals surface area contributed by atoms with Gasteiger partial charge in [-0.3, -0.25) is 9.59 Å². The molecule has 0 spiro atoms. The lowest BCUT2D eigenvalue weighted by molar-refractivity contribution is -0.143. The van der Waals surface area contributed by atoms with Gasteiger partial charge in [0, 0.05) is 31.5 Å². The van der Waals surface area contributed by atoms with E-state index in [2.05, 4.69) is 0 Å². The molecule has 5 heteroatoms. The number of amides is 1. The molecule has 5 nitrogen and oxygen atoms in total. The van der Waals surface area contributed by atoms with Gasteiger partial charge in [-0.15, -0.1) is 0 Å². The fourth-order valence-corrected chi connectivity index (χ4v) is 2.56. The Labute approximate surface area is 115 Å². The molecule has 0 aromatic rings. The maximum Gasteiger partial charge on any atom is 0.305 e. The maximum absolute atomic E-state index is 12.0. The summed E-state index contributed by atoms with van der Waals surface area (Å²) >= 11 is 0. The third-order valence-electron chi connectivity index (χ3n) is 3.44. The van der Waals surface area contributed by atoms with Gasteiger partial charge in [0.25, 0.3) is 0 Å². The monoisotopic (exact) mass is 270 g/mol. The maximum atomic E-state index is 12.0. The first-order valence-electron chi connectivity index (χ1n) is 7.14. The molecule has 1 amide bonds. The number of hydrogen-bond acceptors (Lipinski definition) is 4. The number of nitrogens with two attached hydrogens (primary N) is 1. The summed E-state index contributed by atoms with van der Waals surface area (Å²) in [7, 11) is 0. The van der Waals surface area contributed by atoms with Gasteiger partial charge in [-0.25, -0.2) is 0 Å². The minimum absolute atomic E-state index is 0.00370. The summed E-state index contributed by atoms with van der Waals surface area (Å²) in [5.74, 6) is 0.284. The van der Waals surface area contributed by atoms with Crippen molar-refractivity contribution in [1.29, 1.82) is 0 Å². The quantitative estimate of drug-likeness (QED) is 0.761. The molecule has 2 unspecified atom stereocenters. The summed E-state index contributed by atoms with van der Waals surface area (Å²) in [6.07, 6.45) is 2.03. The lowest BCUT2D eigenvalue weighted by Gasteiger charge is -2.37. The van der Waals surface area contributed by atoms with Crippen molar-refractivity contribution in [1.82, 2.24) is 4.90 Å². The fourth-order valence-electron chi connectivity index (χ4n) is 2.56. The topological polar surface area (TPSA) is 72.6 Å². The molecule has 2 atom stereocenters. The molecule has 1 rings (SSSR count). The van der Waals surface area contributed by atoms with Gasteiger partial charge < -0.3 is 15.4 Å². The summed E-state index contributed by atoms with van der Waals surface area (Å²) in [5, 5.41) is 0. The van der Waals surface area contributed by atoms with Gasteiger partial charge in [0.2, 0.25) is 5.91 Å². The van der Waals surface area contributed by atoms with Crippen molar-refractivity contribution in [2.45, 2.75) is 46.1 Å². The smallest absolute Gasteiger partial charge is 0.305 e. The molecule has 1 fully saturated rings. The van der Waals surface area contributed by atoms with Crippen LogP contribution in [0.5, 0.6) is 0 Å². The number of rotatable bonds is 5. The first-order valence-corrected chi connectivity index (χ1v) is 7.14. The van der Waals surface area contributed by atoms with Crippen LogP contribution >= 0.6 is 0 Å². The average Bonchev–Trinajstić information content (AvgIpc) is 2.35. The molecule has 0 radical (unpaired) electrons. The first-order chi connectivity index (χ1) is 8.93. The van der Waals surface area contributed by atoms with E-state index in [4.69, 9.17) is 10.5 Å². The second-order valence-electron chi connectivity index (χ2n) is 5.60. The zero-order valence-corrected chi connectivity index (χ0v) is 12.2. The lowest BCUT2D eigenvalue weighted by atomic mass is 9.90. The van der Waals surface area contributed by atoms with Gasteiger partial charge in [0.05, 0.1) is 6.61 Å². The lowest BCUT2D eigenvalue weighted by Crippen LogP contribution is -2.50. The predicted molar refractivity (Wildman–Crippen MR) is 73.4 cm³/mol. The zero-order valence-electron chi connectivity index (χ0n) is 12.2. The summed E-state index contributed by atoms with van der Waals surface area (Å²) in [4.78, 5) is 25.2. The van der Waals surface area contributed by atoms with Crippen molar-refractivity contribution in [2.24, 2.45) is 17.6 Å². The van der Waals surface area contributed by atoms with Crippen LogP contribution < -0.4 is 5.73 Å². The summed E-state index contributed by atoms with van der Waals surface area (Å²) in [6.45, 7) is 7.36. The zero-order chi connectivity index (χ0) is 14.4. The number of carbonyl (C=O) groups excluding carboxylic acids is 2. The van der Waals surface area contributed by atoms with Crippen LogP contribution in [-0.4, -0.2) is 42.5 Å². The average molecular weight is 270 g/mol. The molecule has 1 aliphatic rings. The van der Waals surface area contributed by atoms with E-state index in [0.29, 0.717) is 32.0 Å². The molecule has 19 heavy (non-hydrogen) atoms. The van der Waals surface area contributed by atoms with Crippen LogP contribution in [0.1, 0.15) is 40.0 Å². The van der Waals surface area contributed by atoms with Gasteiger partial charge >= 0.3 is 5.97 Å². The molecule has 0 aromatic carbocycles. The highest BCUT2D eigenvalue weighted by molar-refractivity contribution is 5.78. The normalized spacial score (nSPS) is 23.5. The van der Waals surface area contributed by atoms with Crippen molar-refractivity contribution < 1.29 is 14.3 Å². The van der Waals surface area contributed by atoms with E-state index < -0.39 is 0 Å². The second kappa shape index (κ2) is 7.48. The van der Waals surface area contributed by atoms with E-state index in [9.17, 15) is 9.59 Å². The Bertz CT molecular complexity index is 318. The van der Waals surface area contributed by atoms with Crippen molar-refractivity contribution >= 4 is 11.9 Å². The Hall–Kier alpha value is -1.10. The first kappa shape index (κ1) is 16.0. The van der Waals surface area contributed by atoms with Gasteiger partial charge in [-0.1, -0.05) is 13.8 Å². The van der Waals surface area contributed by atoms with Crippen LogP contribution in [0.15, 0.2) is 0 Å². The van der Waals surface area contributed by atoms with Crippen molar-refractivity contribution in [3.05, 3.63) is 0 Å². The molecular weight excluding hydrogens is 244 g/mol. The summed E-state index contributed by atoms with van der Waals surface area (Å²) in [6, 6.07) is 0.0173. The largest absolute Gasteiger partial charge is 0.466 e. The highest BCUT2D eigenvalue weighted by Gasteiger charge is 2.29. The number of ether oxygens (including phenoxy) is 1. The van der Waals surface area contributed by atoms with E-state index in [1.807, 2.05) is 18.7 Å². The van der Waals surface area contributed by atoms with Crippen LogP contribution in [0, 0.1) is 11.8 Å². The molecule has 1 heterocycles. The van der Waals surface area contributed by atoms with Gasteiger partial charge in [-0.2, -0.15) is 0 Å². The van der Waals surface area contributed by atoms with Crippen molar-refractivity contribution in [3.8, 4) is 0 Å². The standard InChI is InChI=1S/C14H26N2O3/c1-4-19-13(17)6-5-11-7-12(15)9-16(8-11)14(18)10(2)3/h10-12H,4-9,15H2,1-3H3. The number of piperidine rings is 1. The Kier molecular flexibility index (Phi) is 6.28. The van der Waals surface area contributed by atoms with Crippen LogP contribution in [-0.2, 0) is 14.3 Å². The Balaban J connectivity index is 2.46. The molecule has 110 valence electrons. The Morgan fingerprint density at radius 1 is 1.37 bits per heavy atom. The molecule has 0 saturated carbocycles. The molecule has 0 bridgehead atoms.